The molecular weight excluding hydrogens is 429 g/mol. The quantitative estimate of drug-likeness (QED) is 0.673. The van der Waals surface area contributed by atoms with Crippen LogP contribution in [0.25, 0.3) is 0 Å². The zero-order valence-electron chi connectivity index (χ0n) is 16.2. The van der Waals surface area contributed by atoms with Gasteiger partial charge in [-0.3, -0.25) is 19.3 Å². The van der Waals surface area contributed by atoms with E-state index in [1.165, 1.54) is 12.1 Å². The highest BCUT2D eigenvalue weighted by Gasteiger charge is 2.38. The summed E-state index contributed by atoms with van der Waals surface area (Å²) in [5.41, 5.74) is 1.40. The number of hydrogen-bond acceptors (Lipinski definition) is 5. The second-order valence-electron chi connectivity index (χ2n) is 7.07. The number of halogens is 2. The Morgan fingerprint density at radius 1 is 0.933 bits per heavy atom. The number of nitrogens with zero attached hydrogens (tertiary/aromatic N) is 3. The summed E-state index contributed by atoms with van der Waals surface area (Å²) >= 11 is 11.9. The highest BCUT2D eigenvalue weighted by molar-refractivity contribution is 6.43. The average Bonchev–Trinajstić information content (AvgIpc) is 2.98. The van der Waals surface area contributed by atoms with Crippen LogP contribution in [0.3, 0.4) is 0 Å². The number of carbonyl (C=O) groups is 3. The van der Waals surface area contributed by atoms with Crippen molar-refractivity contribution in [3.8, 4) is 5.75 Å². The summed E-state index contributed by atoms with van der Waals surface area (Å²) in [4.78, 5) is 42.7. The Morgan fingerprint density at radius 3 is 1.97 bits per heavy atom. The lowest BCUT2D eigenvalue weighted by Crippen LogP contribution is -2.51. The van der Waals surface area contributed by atoms with Crippen LogP contribution in [-0.4, -0.2) is 67.4 Å². The molecule has 0 atom stereocenters. The first kappa shape index (κ1) is 20.5. The SMILES string of the molecule is COc1ccc(N2CCN(C(=O)CN3C(=O)c4cc(Cl)c(Cl)cc4C3=O)CC2)cc1. The number of amides is 3. The van der Waals surface area contributed by atoms with Crippen LogP contribution in [0.5, 0.6) is 5.75 Å². The van der Waals surface area contributed by atoms with E-state index in [2.05, 4.69) is 4.90 Å². The molecule has 0 aromatic heterocycles. The molecule has 0 N–H and O–H groups in total. The predicted octanol–water partition coefficient (Wildman–Crippen LogP) is 2.95. The Hall–Kier alpha value is -2.77. The Labute approximate surface area is 183 Å². The second kappa shape index (κ2) is 8.16. The van der Waals surface area contributed by atoms with Crippen molar-refractivity contribution in [3.05, 3.63) is 57.6 Å². The zero-order chi connectivity index (χ0) is 21.4. The molecule has 30 heavy (non-hydrogen) atoms. The van der Waals surface area contributed by atoms with Crippen molar-refractivity contribution in [1.29, 1.82) is 0 Å². The van der Waals surface area contributed by atoms with Gasteiger partial charge in [-0.25, -0.2) is 0 Å². The zero-order valence-corrected chi connectivity index (χ0v) is 17.7. The van der Waals surface area contributed by atoms with E-state index >= 15 is 0 Å². The highest BCUT2D eigenvalue weighted by atomic mass is 35.5. The maximum Gasteiger partial charge on any atom is 0.262 e. The van der Waals surface area contributed by atoms with Crippen molar-refractivity contribution in [2.45, 2.75) is 0 Å². The monoisotopic (exact) mass is 447 g/mol. The van der Waals surface area contributed by atoms with E-state index in [0.717, 1.165) is 16.3 Å². The van der Waals surface area contributed by atoms with E-state index in [1.807, 2.05) is 24.3 Å². The van der Waals surface area contributed by atoms with Gasteiger partial charge >= 0.3 is 0 Å². The number of piperazine rings is 1. The predicted molar refractivity (Wildman–Crippen MR) is 114 cm³/mol. The Balaban J connectivity index is 1.38. The van der Waals surface area contributed by atoms with Crippen molar-refractivity contribution in [3.63, 3.8) is 0 Å². The molecule has 1 saturated heterocycles. The minimum atomic E-state index is -0.529. The van der Waals surface area contributed by atoms with Gasteiger partial charge in [-0.05, 0) is 36.4 Å². The number of methoxy groups -OCH3 is 1. The summed E-state index contributed by atoms with van der Waals surface area (Å²) in [6.45, 7) is 2.03. The lowest BCUT2D eigenvalue weighted by atomic mass is 10.1. The van der Waals surface area contributed by atoms with Crippen LogP contribution < -0.4 is 9.64 Å². The van der Waals surface area contributed by atoms with Crippen LogP contribution >= 0.6 is 23.2 Å². The van der Waals surface area contributed by atoms with Crippen LogP contribution in [0.4, 0.5) is 5.69 Å². The normalized spacial score (nSPS) is 16.2. The fraction of sp³-hybridized carbons (Fsp3) is 0.286. The third kappa shape index (κ3) is 3.70. The van der Waals surface area contributed by atoms with E-state index in [1.54, 1.807) is 12.0 Å². The van der Waals surface area contributed by atoms with Crippen molar-refractivity contribution < 1.29 is 19.1 Å². The highest BCUT2D eigenvalue weighted by Crippen LogP contribution is 2.31. The summed E-state index contributed by atoms with van der Waals surface area (Å²) in [7, 11) is 1.62. The van der Waals surface area contributed by atoms with Crippen LogP contribution in [0.2, 0.25) is 10.0 Å². The van der Waals surface area contributed by atoms with Gasteiger partial charge in [0.25, 0.3) is 11.8 Å². The molecule has 156 valence electrons. The van der Waals surface area contributed by atoms with E-state index in [-0.39, 0.29) is 33.6 Å². The molecule has 0 aliphatic carbocycles. The second-order valence-corrected chi connectivity index (χ2v) is 7.89. The topological polar surface area (TPSA) is 70.2 Å². The van der Waals surface area contributed by atoms with Crippen LogP contribution in [0.15, 0.2) is 36.4 Å². The molecule has 2 aliphatic rings. The van der Waals surface area contributed by atoms with Gasteiger partial charge in [0.2, 0.25) is 5.91 Å². The van der Waals surface area contributed by atoms with Gasteiger partial charge < -0.3 is 14.5 Å². The van der Waals surface area contributed by atoms with Crippen LogP contribution in [-0.2, 0) is 4.79 Å². The molecule has 2 heterocycles. The Kier molecular flexibility index (Phi) is 5.58. The maximum absolute atomic E-state index is 12.7. The van der Waals surface area contributed by atoms with E-state index in [0.29, 0.717) is 26.2 Å². The molecule has 7 nitrogen and oxygen atoms in total. The number of imide groups is 1. The standard InChI is InChI=1S/C21H19Cl2N3O4/c1-30-14-4-2-13(3-5-14)24-6-8-25(9-7-24)19(27)12-26-20(28)15-10-17(22)18(23)11-16(15)21(26)29/h2-5,10-11H,6-9,12H2,1H3. The lowest BCUT2D eigenvalue weighted by molar-refractivity contribution is -0.131. The smallest absolute Gasteiger partial charge is 0.262 e. The van der Waals surface area contributed by atoms with Crippen molar-refractivity contribution >= 4 is 46.6 Å². The molecule has 0 spiro atoms. The van der Waals surface area contributed by atoms with E-state index in [4.69, 9.17) is 27.9 Å². The first-order chi connectivity index (χ1) is 14.4. The molecule has 4 rings (SSSR count). The molecule has 0 unspecified atom stereocenters. The molecule has 2 aromatic carbocycles. The third-order valence-electron chi connectivity index (χ3n) is 5.37. The average molecular weight is 448 g/mol. The Morgan fingerprint density at radius 2 is 1.47 bits per heavy atom. The summed E-state index contributed by atoms with van der Waals surface area (Å²) in [6.07, 6.45) is 0. The van der Waals surface area contributed by atoms with Crippen LogP contribution in [0, 0.1) is 0 Å². The van der Waals surface area contributed by atoms with Crippen LogP contribution in [0.1, 0.15) is 20.7 Å². The molecule has 1 fully saturated rings. The van der Waals surface area contributed by atoms with E-state index < -0.39 is 11.8 Å². The molecule has 2 aliphatic heterocycles. The molecule has 3 amide bonds. The first-order valence-electron chi connectivity index (χ1n) is 9.41. The molecule has 0 radical (unpaired) electrons. The number of anilines is 1. The van der Waals surface area contributed by atoms with Crippen molar-refractivity contribution in [1.82, 2.24) is 9.80 Å². The summed E-state index contributed by atoms with van der Waals surface area (Å²) < 4.78 is 5.18. The Bertz CT molecular complexity index is 977. The van der Waals surface area contributed by atoms with Gasteiger partial charge in [0.15, 0.2) is 0 Å². The number of benzene rings is 2. The minimum Gasteiger partial charge on any atom is -0.497 e. The van der Waals surface area contributed by atoms with Gasteiger partial charge in [0.05, 0.1) is 28.3 Å². The third-order valence-corrected chi connectivity index (χ3v) is 6.10. The summed E-state index contributed by atoms with van der Waals surface area (Å²) in [5.74, 6) is -0.537. The van der Waals surface area contributed by atoms with Crippen molar-refractivity contribution in [2.75, 3.05) is 44.7 Å². The number of hydrogen-bond donors (Lipinski definition) is 0. The largest absolute Gasteiger partial charge is 0.497 e. The van der Waals surface area contributed by atoms with Gasteiger partial charge in [0.1, 0.15) is 12.3 Å². The summed E-state index contributed by atoms with van der Waals surface area (Å²) in [5, 5.41) is 0.388. The fourth-order valence-electron chi connectivity index (χ4n) is 3.67. The van der Waals surface area contributed by atoms with Gasteiger partial charge in [-0.2, -0.15) is 0 Å². The maximum atomic E-state index is 12.7. The van der Waals surface area contributed by atoms with E-state index in [9.17, 15) is 14.4 Å². The number of fused-ring (bicyclic) bond motifs is 1. The molecular formula is C21H19Cl2N3O4. The minimum absolute atomic E-state index is 0.173. The summed E-state index contributed by atoms with van der Waals surface area (Å²) in [6, 6.07) is 10.5. The van der Waals surface area contributed by atoms with Gasteiger partial charge in [-0.1, -0.05) is 23.2 Å². The van der Waals surface area contributed by atoms with Gasteiger partial charge in [-0.15, -0.1) is 0 Å². The fourth-order valence-corrected chi connectivity index (χ4v) is 4.00. The molecule has 9 heteroatoms. The van der Waals surface area contributed by atoms with Gasteiger partial charge in [0, 0.05) is 31.9 Å². The number of rotatable bonds is 4. The number of carbonyl (C=O) groups excluding carboxylic acids is 3. The number of ether oxygens (including phenoxy) is 1. The van der Waals surface area contributed by atoms with Crippen molar-refractivity contribution in [2.24, 2.45) is 0 Å². The molecule has 2 aromatic rings. The molecule has 0 bridgehead atoms. The first-order valence-corrected chi connectivity index (χ1v) is 10.2. The lowest BCUT2D eigenvalue weighted by Gasteiger charge is -2.36. The molecule has 0 saturated carbocycles.